The highest BCUT2D eigenvalue weighted by Gasteiger charge is 2.47. The molecule has 6 heteroatoms. The number of benzene rings is 1. The second kappa shape index (κ2) is 8.19. The lowest BCUT2D eigenvalue weighted by atomic mass is 9.96. The Balaban J connectivity index is 1.70. The summed E-state index contributed by atoms with van der Waals surface area (Å²) in [7, 11) is 3.24. The Labute approximate surface area is 161 Å². The van der Waals surface area contributed by atoms with Crippen LogP contribution in [-0.4, -0.2) is 49.1 Å². The van der Waals surface area contributed by atoms with Crippen LogP contribution in [0.1, 0.15) is 51.0 Å². The molecule has 148 valence electrons. The van der Waals surface area contributed by atoms with Crippen LogP contribution in [0.4, 0.5) is 0 Å². The Morgan fingerprint density at radius 1 is 1.26 bits per heavy atom. The molecular weight excluding hydrogens is 344 g/mol. The molecular formula is C21H30N2O4. The number of likely N-dealkylation sites (tertiary alicyclic amines) is 1. The molecule has 1 atom stereocenters. The van der Waals surface area contributed by atoms with Crippen LogP contribution in [0, 0.1) is 0 Å². The summed E-state index contributed by atoms with van der Waals surface area (Å²) in [5, 5.41) is 3.17. The minimum Gasteiger partial charge on any atom is -0.497 e. The average molecular weight is 374 g/mol. The van der Waals surface area contributed by atoms with Gasteiger partial charge in [-0.1, -0.05) is 18.9 Å². The van der Waals surface area contributed by atoms with E-state index in [0.29, 0.717) is 25.8 Å². The lowest BCUT2D eigenvalue weighted by Gasteiger charge is -2.35. The molecule has 1 heterocycles. The van der Waals surface area contributed by atoms with E-state index in [1.54, 1.807) is 19.1 Å². The molecule has 2 aliphatic rings. The van der Waals surface area contributed by atoms with Gasteiger partial charge < -0.3 is 19.7 Å². The lowest BCUT2D eigenvalue weighted by Crippen LogP contribution is -2.56. The van der Waals surface area contributed by atoms with E-state index in [1.165, 1.54) is 12.8 Å². The highest BCUT2D eigenvalue weighted by Crippen LogP contribution is 2.32. The van der Waals surface area contributed by atoms with E-state index in [2.05, 4.69) is 5.32 Å². The standard InChI is InChI=1S/C21H30N2O4/c1-21(20(25)22-16-6-4-5-7-16)12-10-19(24)23(21)13-11-15-8-9-17(26-2)14-18(15)27-3/h8-9,14,16H,4-7,10-13H2,1-3H3,(H,22,25). The SMILES string of the molecule is COc1ccc(CCN2C(=O)CCC2(C)C(=O)NC2CCCC2)c(OC)c1. The Kier molecular flexibility index (Phi) is 5.92. The zero-order valence-electron chi connectivity index (χ0n) is 16.5. The minimum absolute atomic E-state index is 0.0121. The molecule has 27 heavy (non-hydrogen) atoms. The lowest BCUT2D eigenvalue weighted by molar-refractivity contribution is -0.140. The van der Waals surface area contributed by atoms with Gasteiger partial charge >= 0.3 is 0 Å². The zero-order valence-corrected chi connectivity index (χ0v) is 16.5. The molecule has 0 aromatic heterocycles. The molecule has 1 saturated heterocycles. The van der Waals surface area contributed by atoms with Gasteiger partial charge in [-0.15, -0.1) is 0 Å². The number of carbonyl (C=O) groups excluding carboxylic acids is 2. The number of hydrogen-bond donors (Lipinski definition) is 1. The normalized spacial score (nSPS) is 22.9. The summed E-state index contributed by atoms with van der Waals surface area (Å²) in [6.45, 7) is 2.39. The van der Waals surface area contributed by atoms with Gasteiger partial charge in [-0.2, -0.15) is 0 Å². The monoisotopic (exact) mass is 374 g/mol. The van der Waals surface area contributed by atoms with Gasteiger partial charge in [0.2, 0.25) is 11.8 Å². The van der Waals surface area contributed by atoms with E-state index in [9.17, 15) is 9.59 Å². The molecule has 0 bridgehead atoms. The van der Waals surface area contributed by atoms with E-state index in [4.69, 9.17) is 9.47 Å². The molecule has 1 aliphatic heterocycles. The number of carbonyl (C=O) groups is 2. The van der Waals surface area contributed by atoms with Crippen molar-refractivity contribution >= 4 is 11.8 Å². The molecule has 1 saturated carbocycles. The molecule has 3 rings (SSSR count). The molecule has 0 radical (unpaired) electrons. The first kappa shape index (κ1) is 19.5. The van der Waals surface area contributed by atoms with Gasteiger partial charge in [-0.05, 0) is 44.2 Å². The van der Waals surface area contributed by atoms with E-state index in [1.807, 2.05) is 25.1 Å². The fourth-order valence-corrected chi connectivity index (χ4v) is 4.20. The fourth-order valence-electron chi connectivity index (χ4n) is 4.20. The number of nitrogens with zero attached hydrogens (tertiary/aromatic N) is 1. The maximum Gasteiger partial charge on any atom is 0.245 e. The van der Waals surface area contributed by atoms with Crippen LogP contribution in [0.15, 0.2) is 18.2 Å². The number of hydrogen-bond acceptors (Lipinski definition) is 4. The van der Waals surface area contributed by atoms with Crippen LogP contribution < -0.4 is 14.8 Å². The molecule has 6 nitrogen and oxygen atoms in total. The molecule has 1 aromatic carbocycles. The van der Waals surface area contributed by atoms with E-state index in [-0.39, 0.29) is 17.9 Å². The molecule has 0 spiro atoms. The van der Waals surface area contributed by atoms with Crippen molar-refractivity contribution < 1.29 is 19.1 Å². The van der Waals surface area contributed by atoms with Crippen LogP contribution in [-0.2, 0) is 16.0 Å². The first-order chi connectivity index (χ1) is 13.0. The number of nitrogens with one attached hydrogen (secondary N) is 1. The number of methoxy groups -OCH3 is 2. The first-order valence-electron chi connectivity index (χ1n) is 9.80. The fraction of sp³-hybridized carbons (Fsp3) is 0.619. The van der Waals surface area contributed by atoms with Crippen molar-refractivity contribution in [1.29, 1.82) is 0 Å². The summed E-state index contributed by atoms with van der Waals surface area (Å²) < 4.78 is 10.7. The number of amides is 2. The average Bonchev–Trinajstić information content (AvgIpc) is 3.29. The maximum atomic E-state index is 13.0. The quantitative estimate of drug-likeness (QED) is 0.797. The predicted molar refractivity (Wildman–Crippen MR) is 103 cm³/mol. The van der Waals surface area contributed by atoms with E-state index >= 15 is 0 Å². The molecule has 1 N–H and O–H groups in total. The van der Waals surface area contributed by atoms with E-state index < -0.39 is 5.54 Å². The van der Waals surface area contributed by atoms with Crippen molar-refractivity contribution in [3.63, 3.8) is 0 Å². The summed E-state index contributed by atoms with van der Waals surface area (Å²) >= 11 is 0. The van der Waals surface area contributed by atoms with E-state index in [0.717, 1.165) is 29.9 Å². The summed E-state index contributed by atoms with van der Waals surface area (Å²) in [5.41, 5.74) is 0.232. The molecule has 2 amide bonds. The molecule has 1 unspecified atom stereocenters. The summed E-state index contributed by atoms with van der Waals surface area (Å²) in [6, 6.07) is 5.94. The van der Waals surface area contributed by atoms with Crippen molar-refractivity contribution in [2.24, 2.45) is 0 Å². The van der Waals surface area contributed by atoms with Crippen molar-refractivity contribution in [3.8, 4) is 11.5 Å². The van der Waals surface area contributed by atoms with Gasteiger partial charge in [0, 0.05) is 25.1 Å². The topological polar surface area (TPSA) is 67.9 Å². The van der Waals surface area contributed by atoms with Gasteiger partial charge in [0.1, 0.15) is 17.0 Å². The summed E-state index contributed by atoms with van der Waals surface area (Å²) in [4.78, 5) is 27.2. The van der Waals surface area contributed by atoms with Gasteiger partial charge in [-0.25, -0.2) is 0 Å². The molecule has 1 aromatic rings. The third kappa shape index (κ3) is 4.04. The van der Waals surface area contributed by atoms with Crippen molar-refractivity contribution in [2.45, 2.75) is 63.5 Å². The third-order valence-corrected chi connectivity index (χ3v) is 6.00. The zero-order chi connectivity index (χ0) is 19.4. The Hall–Kier alpha value is -2.24. The smallest absolute Gasteiger partial charge is 0.245 e. The third-order valence-electron chi connectivity index (χ3n) is 6.00. The highest BCUT2D eigenvalue weighted by molar-refractivity contribution is 5.94. The van der Waals surface area contributed by atoms with Gasteiger partial charge in [0.05, 0.1) is 14.2 Å². The van der Waals surface area contributed by atoms with Crippen molar-refractivity contribution in [3.05, 3.63) is 23.8 Å². The number of rotatable bonds is 7. The Bertz CT molecular complexity index is 699. The highest BCUT2D eigenvalue weighted by atomic mass is 16.5. The molecule has 1 aliphatic carbocycles. The van der Waals surface area contributed by atoms with Gasteiger partial charge in [-0.3, -0.25) is 9.59 Å². The second-order valence-electron chi connectivity index (χ2n) is 7.70. The van der Waals surface area contributed by atoms with Crippen LogP contribution in [0.2, 0.25) is 0 Å². The Morgan fingerprint density at radius 3 is 2.67 bits per heavy atom. The minimum atomic E-state index is -0.765. The predicted octanol–water partition coefficient (Wildman–Crippen LogP) is 2.69. The van der Waals surface area contributed by atoms with Crippen LogP contribution >= 0.6 is 0 Å². The van der Waals surface area contributed by atoms with Gasteiger partial charge in [0.25, 0.3) is 0 Å². The van der Waals surface area contributed by atoms with Crippen LogP contribution in [0.5, 0.6) is 11.5 Å². The maximum absolute atomic E-state index is 13.0. The largest absolute Gasteiger partial charge is 0.497 e. The molecule has 2 fully saturated rings. The number of ether oxygens (including phenoxy) is 2. The van der Waals surface area contributed by atoms with Crippen molar-refractivity contribution in [2.75, 3.05) is 20.8 Å². The summed E-state index contributed by atoms with van der Waals surface area (Å²) in [5.74, 6) is 1.50. The van der Waals surface area contributed by atoms with Gasteiger partial charge in [0.15, 0.2) is 0 Å². The Morgan fingerprint density at radius 2 is 2.00 bits per heavy atom. The van der Waals surface area contributed by atoms with Crippen molar-refractivity contribution in [1.82, 2.24) is 10.2 Å². The first-order valence-corrected chi connectivity index (χ1v) is 9.80. The van der Waals surface area contributed by atoms with Crippen LogP contribution in [0.25, 0.3) is 0 Å². The van der Waals surface area contributed by atoms with Crippen LogP contribution in [0.3, 0.4) is 0 Å². The second-order valence-corrected chi connectivity index (χ2v) is 7.70. The summed E-state index contributed by atoms with van der Waals surface area (Å²) in [6.07, 6.45) is 6.05.